The number of rotatable bonds is 1. The van der Waals surface area contributed by atoms with Crippen molar-refractivity contribution in [2.45, 2.75) is 56.8 Å². The summed E-state index contributed by atoms with van der Waals surface area (Å²) in [4.78, 5) is 0. The first kappa shape index (κ1) is 8.22. The average Bonchev–Trinajstić information content (AvgIpc) is 2.38. The number of alkyl halides is 1. The van der Waals surface area contributed by atoms with E-state index in [1.165, 1.54) is 32.1 Å². The molecule has 0 amide bonds. The Morgan fingerprint density at radius 3 is 2.62 bits per heavy atom. The third kappa shape index (κ3) is 1.22. The fraction of sp³-hybridized carbons (Fsp3) is 1.00. The predicted molar refractivity (Wildman–Crippen MR) is 50.3 cm³/mol. The first-order valence-electron chi connectivity index (χ1n) is 5.75. The van der Waals surface area contributed by atoms with E-state index in [0.29, 0.717) is 23.9 Å². The number of halogens is 1. The molecule has 3 aliphatic rings. The summed E-state index contributed by atoms with van der Waals surface area (Å²) >= 11 is 0. The fourth-order valence-corrected chi connectivity index (χ4v) is 3.47. The van der Waals surface area contributed by atoms with E-state index >= 15 is 0 Å². The minimum atomic E-state index is -0.496. The molecule has 0 aromatic carbocycles. The van der Waals surface area contributed by atoms with Crippen LogP contribution in [0.4, 0.5) is 4.39 Å². The Kier molecular flexibility index (Phi) is 1.86. The van der Waals surface area contributed by atoms with Crippen LogP contribution in [0.5, 0.6) is 0 Å². The van der Waals surface area contributed by atoms with Crippen LogP contribution in [0.15, 0.2) is 0 Å². The first-order valence-corrected chi connectivity index (χ1v) is 5.75. The molecule has 2 heteroatoms. The summed E-state index contributed by atoms with van der Waals surface area (Å²) in [5, 5.41) is 3.58. The van der Waals surface area contributed by atoms with Crippen LogP contribution >= 0.6 is 0 Å². The second kappa shape index (κ2) is 2.94. The SMILES string of the molecule is FC1CC2CCC(N2)C1C1CCC1. The molecule has 1 nitrogen and oxygen atoms in total. The highest BCUT2D eigenvalue weighted by Crippen LogP contribution is 2.44. The maximum absolute atomic E-state index is 13.8. The maximum Gasteiger partial charge on any atom is 0.106 e. The highest BCUT2D eigenvalue weighted by molar-refractivity contribution is 5.01. The Morgan fingerprint density at radius 1 is 1.08 bits per heavy atom. The molecule has 13 heavy (non-hydrogen) atoms. The molecule has 3 rings (SSSR count). The van der Waals surface area contributed by atoms with Crippen LogP contribution in [-0.2, 0) is 0 Å². The minimum Gasteiger partial charge on any atom is -0.311 e. The van der Waals surface area contributed by atoms with E-state index in [0.717, 1.165) is 6.42 Å². The summed E-state index contributed by atoms with van der Waals surface area (Å²) in [7, 11) is 0. The van der Waals surface area contributed by atoms with Crippen molar-refractivity contribution in [1.82, 2.24) is 5.32 Å². The van der Waals surface area contributed by atoms with Crippen LogP contribution in [0, 0.1) is 11.8 Å². The lowest BCUT2D eigenvalue weighted by molar-refractivity contribution is 0.0514. The van der Waals surface area contributed by atoms with Crippen molar-refractivity contribution >= 4 is 0 Å². The number of piperidine rings is 1. The van der Waals surface area contributed by atoms with Crippen LogP contribution in [0.25, 0.3) is 0 Å². The van der Waals surface area contributed by atoms with Crippen molar-refractivity contribution in [2.24, 2.45) is 11.8 Å². The summed E-state index contributed by atoms with van der Waals surface area (Å²) in [6, 6.07) is 1.04. The van der Waals surface area contributed by atoms with Crippen molar-refractivity contribution in [3.05, 3.63) is 0 Å². The molecule has 1 saturated carbocycles. The molecule has 0 radical (unpaired) electrons. The molecule has 4 atom stereocenters. The van der Waals surface area contributed by atoms with Gasteiger partial charge in [-0.1, -0.05) is 19.3 Å². The minimum absolute atomic E-state index is 0.368. The van der Waals surface area contributed by atoms with Crippen LogP contribution in [0.1, 0.15) is 38.5 Å². The van der Waals surface area contributed by atoms with Gasteiger partial charge in [-0.05, 0) is 25.2 Å². The smallest absolute Gasteiger partial charge is 0.106 e. The van der Waals surface area contributed by atoms with E-state index in [1.807, 2.05) is 0 Å². The number of nitrogens with one attached hydrogen (secondary N) is 1. The molecule has 2 heterocycles. The van der Waals surface area contributed by atoms with Gasteiger partial charge in [0.1, 0.15) is 6.17 Å². The summed E-state index contributed by atoms with van der Waals surface area (Å²) < 4.78 is 13.8. The standard InChI is InChI=1S/C11H18FN/c12-9-6-8-4-5-10(13-8)11(9)7-2-1-3-7/h7-11,13H,1-6H2. The summed E-state index contributed by atoms with van der Waals surface area (Å²) in [6.07, 6.45) is 6.65. The highest BCUT2D eigenvalue weighted by atomic mass is 19.1. The van der Waals surface area contributed by atoms with Gasteiger partial charge >= 0.3 is 0 Å². The zero-order valence-corrected chi connectivity index (χ0v) is 8.01. The third-order valence-electron chi connectivity index (χ3n) is 4.36. The van der Waals surface area contributed by atoms with Crippen molar-refractivity contribution in [3.63, 3.8) is 0 Å². The van der Waals surface area contributed by atoms with Crippen LogP contribution in [-0.4, -0.2) is 18.3 Å². The summed E-state index contributed by atoms with van der Waals surface area (Å²) in [5.41, 5.74) is 0. The van der Waals surface area contributed by atoms with Gasteiger partial charge in [-0.3, -0.25) is 0 Å². The predicted octanol–water partition coefficient (Wildman–Crippen LogP) is 2.27. The zero-order chi connectivity index (χ0) is 8.84. The van der Waals surface area contributed by atoms with Gasteiger partial charge in [0.05, 0.1) is 0 Å². The fourth-order valence-electron chi connectivity index (χ4n) is 3.47. The molecule has 2 bridgehead atoms. The van der Waals surface area contributed by atoms with Crippen molar-refractivity contribution in [1.29, 1.82) is 0 Å². The molecule has 0 aromatic heterocycles. The largest absolute Gasteiger partial charge is 0.311 e. The summed E-state index contributed by atoms with van der Waals surface area (Å²) in [6.45, 7) is 0. The summed E-state index contributed by atoms with van der Waals surface area (Å²) in [5.74, 6) is 1.08. The Balaban J connectivity index is 1.76. The Hall–Kier alpha value is -0.110. The molecule has 1 N–H and O–H groups in total. The van der Waals surface area contributed by atoms with Crippen LogP contribution in [0.2, 0.25) is 0 Å². The molecule has 0 spiro atoms. The lowest BCUT2D eigenvalue weighted by Crippen LogP contribution is -2.50. The van der Waals surface area contributed by atoms with Gasteiger partial charge < -0.3 is 5.32 Å². The molecular formula is C11H18FN. The van der Waals surface area contributed by atoms with Gasteiger partial charge in [0, 0.05) is 18.0 Å². The highest BCUT2D eigenvalue weighted by Gasteiger charge is 2.46. The van der Waals surface area contributed by atoms with E-state index in [9.17, 15) is 4.39 Å². The van der Waals surface area contributed by atoms with Gasteiger partial charge in [-0.25, -0.2) is 4.39 Å². The van der Waals surface area contributed by atoms with Crippen molar-refractivity contribution < 1.29 is 4.39 Å². The first-order chi connectivity index (χ1) is 6.34. The van der Waals surface area contributed by atoms with E-state index in [1.54, 1.807) is 0 Å². The van der Waals surface area contributed by atoms with Crippen LogP contribution in [0.3, 0.4) is 0 Å². The van der Waals surface area contributed by atoms with Gasteiger partial charge in [-0.2, -0.15) is 0 Å². The number of fused-ring (bicyclic) bond motifs is 2. The number of hydrogen-bond acceptors (Lipinski definition) is 1. The molecule has 2 aliphatic heterocycles. The molecule has 74 valence electrons. The van der Waals surface area contributed by atoms with Gasteiger partial charge in [-0.15, -0.1) is 0 Å². The Labute approximate surface area is 79.1 Å². The van der Waals surface area contributed by atoms with Crippen LogP contribution < -0.4 is 5.32 Å². The third-order valence-corrected chi connectivity index (χ3v) is 4.36. The van der Waals surface area contributed by atoms with E-state index in [2.05, 4.69) is 5.32 Å². The van der Waals surface area contributed by atoms with E-state index in [4.69, 9.17) is 0 Å². The maximum atomic E-state index is 13.8. The normalized spacial score (nSPS) is 50.5. The molecule has 4 unspecified atom stereocenters. The van der Waals surface area contributed by atoms with Gasteiger partial charge in [0.25, 0.3) is 0 Å². The quantitative estimate of drug-likeness (QED) is 0.657. The monoisotopic (exact) mass is 183 g/mol. The zero-order valence-electron chi connectivity index (χ0n) is 8.01. The van der Waals surface area contributed by atoms with E-state index < -0.39 is 6.17 Å². The average molecular weight is 183 g/mol. The van der Waals surface area contributed by atoms with Gasteiger partial charge in [0.15, 0.2) is 0 Å². The molecular weight excluding hydrogens is 165 g/mol. The molecule has 0 aromatic rings. The number of hydrogen-bond donors (Lipinski definition) is 1. The second-order valence-electron chi connectivity index (χ2n) is 5.07. The lowest BCUT2D eigenvalue weighted by atomic mass is 9.69. The second-order valence-corrected chi connectivity index (χ2v) is 5.07. The molecule has 3 fully saturated rings. The molecule has 2 saturated heterocycles. The molecule has 1 aliphatic carbocycles. The lowest BCUT2D eigenvalue weighted by Gasteiger charge is -2.42. The van der Waals surface area contributed by atoms with Gasteiger partial charge in [0.2, 0.25) is 0 Å². The van der Waals surface area contributed by atoms with E-state index in [-0.39, 0.29) is 0 Å². The topological polar surface area (TPSA) is 12.0 Å². The Bertz CT molecular complexity index is 202. The van der Waals surface area contributed by atoms with Crippen molar-refractivity contribution in [3.8, 4) is 0 Å². The van der Waals surface area contributed by atoms with Crippen molar-refractivity contribution in [2.75, 3.05) is 0 Å². The Morgan fingerprint density at radius 2 is 1.92 bits per heavy atom.